The van der Waals surface area contributed by atoms with Crippen molar-refractivity contribution in [1.82, 2.24) is 0 Å². The van der Waals surface area contributed by atoms with Crippen LogP contribution in [0.25, 0.3) is 0 Å². The first-order chi connectivity index (χ1) is 8.56. The van der Waals surface area contributed by atoms with Gasteiger partial charge in [-0.15, -0.1) is 11.3 Å². The fourth-order valence-corrected chi connectivity index (χ4v) is 2.65. The maximum atomic E-state index is 13.1. The van der Waals surface area contributed by atoms with Crippen LogP contribution in [-0.2, 0) is 6.54 Å². The molecule has 2 rings (SSSR count). The van der Waals surface area contributed by atoms with Gasteiger partial charge in [-0.2, -0.15) is 0 Å². The number of anilines is 1. The molecule has 0 saturated heterocycles. The summed E-state index contributed by atoms with van der Waals surface area (Å²) in [6, 6.07) is 5.26. The van der Waals surface area contributed by atoms with E-state index in [0.717, 1.165) is 27.5 Å². The molecular weight excluding hydrogens is 323 g/mol. The van der Waals surface area contributed by atoms with E-state index in [1.54, 1.807) is 0 Å². The highest BCUT2D eigenvalue weighted by Crippen LogP contribution is 2.26. The zero-order valence-electron chi connectivity index (χ0n) is 9.02. The second kappa shape index (κ2) is 5.45. The molecule has 0 fully saturated rings. The lowest BCUT2D eigenvalue weighted by atomic mass is 10.2. The van der Waals surface area contributed by atoms with Gasteiger partial charge in [0.05, 0.1) is 8.71 Å². The third-order valence-corrected chi connectivity index (χ3v) is 3.81. The minimum absolute atomic E-state index is 0.134. The Morgan fingerprint density at radius 2 is 2.22 bits per heavy atom. The van der Waals surface area contributed by atoms with Crippen LogP contribution in [0, 0.1) is 15.9 Å². The van der Waals surface area contributed by atoms with Crippen LogP contribution in [0.5, 0.6) is 0 Å². The molecule has 0 unspecified atom stereocenters. The first-order valence-corrected chi connectivity index (χ1v) is 6.64. The highest BCUT2D eigenvalue weighted by molar-refractivity contribution is 9.11. The third-order valence-electron chi connectivity index (χ3n) is 2.26. The molecule has 1 aromatic carbocycles. The second-order valence-corrected chi connectivity index (χ2v) is 5.82. The van der Waals surface area contributed by atoms with E-state index in [4.69, 9.17) is 0 Å². The number of rotatable bonds is 4. The molecule has 1 heterocycles. The Labute approximate surface area is 115 Å². The van der Waals surface area contributed by atoms with Gasteiger partial charge in [-0.25, -0.2) is 4.39 Å². The smallest absolute Gasteiger partial charge is 0.292 e. The zero-order valence-corrected chi connectivity index (χ0v) is 11.4. The van der Waals surface area contributed by atoms with E-state index >= 15 is 0 Å². The highest BCUT2D eigenvalue weighted by atomic mass is 79.9. The van der Waals surface area contributed by atoms with E-state index < -0.39 is 10.7 Å². The van der Waals surface area contributed by atoms with Crippen molar-refractivity contribution in [3.8, 4) is 0 Å². The molecule has 18 heavy (non-hydrogen) atoms. The highest BCUT2D eigenvalue weighted by Gasteiger charge is 2.14. The van der Waals surface area contributed by atoms with Gasteiger partial charge < -0.3 is 5.32 Å². The summed E-state index contributed by atoms with van der Waals surface area (Å²) in [7, 11) is 0. The Balaban J connectivity index is 2.17. The third kappa shape index (κ3) is 3.05. The Kier molecular flexibility index (Phi) is 3.93. The summed E-state index contributed by atoms with van der Waals surface area (Å²) in [5, 5.41) is 15.6. The lowest BCUT2D eigenvalue weighted by molar-refractivity contribution is -0.384. The van der Waals surface area contributed by atoms with Gasteiger partial charge in [0.2, 0.25) is 0 Å². The van der Waals surface area contributed by atoms with Crippen molar-refractivity contribution in [2.75, 3.05) is 5.32 Å². The first kappa shape index (κ1) is 13.0. The predicted octanol–water partition coefficient (Wildman–Crippen LogP) is 4.17. The Bertz CT molecular complexity index is 588. The van der Waals surface area contributed by atoms with Gasteiger partial charge in [0.1, 0.15) is 11.5 Å². The van der Waals surface area contributed by atoms with Crippen LogP contribution in [0.4, 0.5) is 15.8 Å². The molecule has 94 valence electrons. The van der Waals surface area contributed by atoms with Crippen LogP contribution in [-0.4, -0.2) is 4.92 Å². The van der Waals surface area contributed by atoms with Crippen LogP contribution in [0.1, 0.15) is 5.56 Å². The van der Waals surface area contributed by atoms with Crippen LogP contribution in [0.15, 0.2) is 33.4 Å². The van der Waals surface area contributed by atoms with Gasteiger partial charge >= 0.3 is 0 Å². The number of nitrogens with zero attached hydrogens (tertiary/aromatic N) is 1. The largest absolute Gasteiger partial charge is 0.375 e. The summed E-state index contributed by atoms with van der Waals surface area (Å²) in [5.74, 6) is -0.505. The molecule has 4 nitrogen and oxygen atoms in total. The van der Waals surface area contributed by atoms with Gasteiger partial charge in [-0.3, -0.25) is 10.1 Å². The molecule has 0 atom stereocenters. The number of benzene rings is 1. The quantitative estimate of drug-likeness (QED) is 0.676. The summed E-state index contributed by atoms with van der Waals surface area (Å²) in [6.07, 6.45) is 0. The van der Waals surface area contributed by atoms with Gasteiger partial charge in [0.15, 0.2) is 0 Å². The second-order valence-electron chi connectivity index (χ2n) is 3.53. The number of hydrogen-bond acceptors (Lipinski definition) is 4. The monoisotopic (exact) mass is 330 g/mol. The lowest BCUT2D eigenvalue weighted by Crippen LogP contribution is -2.02. The van der Waals surface area contributed by atoms with E-state index in [9.17, 15) is 14.5 Å². The van der Waals surface area contributed by atoms with E-state index in [1.165, 1.54) is 11.3 Å². The average Bonchev–Trinajstić information content (AvgIpc) is 2.72. The van der Waals surface area contributed by atoms with E-state index in [-0.39, 0.29) is 11.4 Å². The van der Waals surface area contributed by atoms with E-state index in [1.807, 2.05) is 11.4 Å². The topological polar surface area (TPSA) is 55.2 Å². The molecule has 0 aliphatic heterocycles. The van der Waals surface area contributed by atoms with Crippen molar-refractivity contribution in [3.05, 3.63) is 54.9 Å². The van der Waals surface area contributed by atoms with Crippen molar-refractivity contribution in [2.24, 2.45) is 0 Å². The number of nitro groups is 1. The van der Waals surface area contributed by atoms with Gasteiger partial charge in [-0.1, -0.05) is 0 Å². The molecule has 1 aromatic heterocycles. The number of halogens is 2. The number of hydrogen-bond donors (Lipinski definition) is 1. The summed E-state index contributed by atoms with van der Waals surface area (Å²) in [5.41, 5.74) is 1.03. The van der Waals surface area contributed by atoms with E-state index in [0.29, 0.717) is 6.54 Å². The molecule has 0 spiro atoms. The molecule has 0 radical (unpaired) electrons. The number of thiophene rings is 1. The minimum Gasteiger partial charge on any atom is -0.375 e. The Morgan fingerprint density at radius 3 is 2.83 bits per heavy atom. The molecule has 0 amide bonds. The van der Waals surface area contributed by atoms with Crippen LogP contribution in [0.3, 0.4) is 0 Å². The molecule has 0 aliphatic rings. The molecule has 7 heteroatoms. The average molecular weight is 331 g/mol. The summed E-state index contributed by atoms with van der Waals surface area (Å²) < 4.78 is 14.1. The van der Waals surface area contributed by atoms with E-state index in [2.05, 4.69) is 21.2 Å². The SMILES string of the molecule is O=[N+]([O-])c1ccc(F)cc1NCc1csc(Br)c1. The first-order valence-electron chi connectivity index (χ1n) is 4.97. The maximum Gasteiger partial charge on any atom is 0.292 e. The fourth-order valence-electron chi connectivity index (χ4n) is 1.44. The standard InChI is InChI=1S/C11H8BrFN2O2S/c12-11-3-7(6-18-11)5-14-9-4-8(13)1-2-10(9)15(16)17/h1-4,6,14H,5H2. The van der Waals surface area contributed by atoms with Gasteiger partial charge in [-0.05, 0) is 39.0 Å². The zero-order chi connectivity index (χ0) is 13.1. The van der Waals surface area contributed by atoms with Gasteiger partial charge in [0, 0.05) is 18.7 Å². The summed E-state index contributed by atoms with van der Waals surface area (Å²) in [4.78, 5) is 10.2. The molecule has 0 bridgehead atoms. The Hall–Kier alpha value is -1.47. The van der Waals surface area contributed by atoms with Crippen LogP contribution < -0.4 is 5.32 Å². The van der Waals surface area contributed by atoms with Gasteiger partial charge in [0.25, 0.3) is 5.69 Å². The van der Waals surface area contributed by atoms with Crippen LogP contribution >= 0.6 is 27.3 Å². The molecular formula is C11H8BrFN2O2S. The van der Waals surface area contributed by atoms with Crippen molar-refractivity contribution >= 4 is 38.6 Å². The summed E-state index contributed by atoms with van der Waals surface area (Å²) in [6.45, 7) is 0.409. The van der Waals surface area contributed by atoms with Crippen molar-refractivity contribution < 1.29 is 9.31 Å². The molecule has 1 N–H and O–H groups in total. The normalized spacial score (nSPS) is 10.3. The fraction of sp³-hybridized carbons (Fsp3) is 0.0909. The van der Waals surface area contributed by atoms with Crippen molar-refractivity contribution in [1.29, 1.82) is 0 Å². The lowest BCUT2D eigenvalue weighted by Gasteiger charge is -2.05. The molecule has 0 aliphatic carbocycles. The molecule has 0 saturated carbocycles. The van der Waals surface area contributed by atoms with Crippen molar-refractivity contribution in [3.63, 3.8) is 0 Å². The summed E-state index contributed by atoms with van der Waals surface area (Å²) >= 11 is 4.85. The minimum atomic E-state index is -0.536. The Morgan fingerprint density at radius 1 is 1.44 bits per heavy atom. The number of nitro benzene ring substituents is 1. The maximum absolute atomic E-state index is 13.1. The molecule has 2 aromatic rings. The van der Waals surface area contributed by atoms with Crippen molar-refractivity contribution in [2.45, 2.75) is 6.54 Å². The number of nitrogens with one attached hydrogen (secondary N) is 1. The van der Waals surface area contributed by atoms with Crippen LogP contribution in [0.2, 0.25) is 0 Å². The predicted molar refractivity (Wildman–Crippen MR) is 72.4 cm³/mol.